The van der Waals surface area contributed by atoms with Gasteiger partial charge in [0, 0.05) is 16.5 Å². The second-order valence-electron chi connectivity index (χ2n) is 6.30. The molecular formula is C13H25NPSi. The number of hydrogen-bond donors (Lipinski definition) is 1. The third kappa shape index (κ3) is 3.30. The third-order valence-corrected chi connectivity index (χ3v) is 9.20. The van der Waals surface area contributed by atoms with Crippen molar-refractivity contribution in [2.75, 3.05) is 0 Å². The van der Waals surface area contributed by atoms with Crippen molar-refractivity contribution in [2.45, 2.75) is 60.2 Å². The summed E-state index contributed by atoms with van der Waals surface area (Å²) in [6.07, 6.45) is 0. The van der Waals surface area contributed by atoms with Crippen LogP contribution in [0, 0.1) is 22.8 Å². The van der Waals surface area contributed by atoms with Gasteiger partial charge in [0.25, 0.3) is 0 Å². The van der Waals surface area contributed by atoms with E-state index in [-0.39, 0.29) is 5.54 Å². The molecule has 0 unspecified atom stereocenters. The van der Waals surface area contributed by atoms with E-state index in [1.54, 1.807) is 5.28 Å². The molecule has 16 heavy (non-hydrogen) atoms. The second kappa shape index (κ2) is 4.70. The van der Waals surface area contributed by atoms with E-state index in [0.29, 0.717) is 0 Å². The molecule has 3 heteroatoms. The van der Waals surface area contributed by atoms with Crippen molar-refractivity contribution in [2.24, 2.45) is 0 Å². The van der Waals surface area contributed by atoms with E-state index in [0.717, 1.165) is 0 Å². The third-order valence-electron chi connectivity index (χ3n) is 3.02. The van der Waals surface area contributed by atoms with Crippen molar-refractivity contribution in [1.29, 1.82) is 0 Å². The Morgan fingerprint density at radius 2 is 1.50 bits per heavy atom. The van der Waals surface area contributed by atoms with Gasteiger partial charge in [0.1, 0.15) is 8.24 Å². The van der Waals surface area contributed by atoms with Crippen LogP contribution in [0.2, 0.25) is 13.1 Å². The molecule has 1 saturated heterocycles. The Balaban J connectivity index is 2.77. The monoisotopic (exact) mass is 254 g/mol. The van der Waals surface area contributed by atoms with Crippen LogP contribution in [0.4, 0.5) is 0 Å². The van der Waals surface area contributed by atoms with E-state index in [1.807, 2.05) is 0 Å². The molecule has 1 N–H and O–H groups in total. The molecule has 0 aliphatic carbocycles. The maximum absolute atomic E-state index is 3.86. The van der Waals surface area contributed by atoms with Gasteiger partial charge in [0.05, 0.1) is 0 Å². The van der Waals surface area contributed by atoms with Gasteiger partial charge in [0.15, 0.2) is 0 Å². The van der Waals surface area contributed by atoms with Crippen molar-refractivity contribution in [1.82, 2.24) is 4.98 Å². The van der Waals surface area contributed by atoms with Crippen LogP contribution in [0.1, 0.15) is 41.5 Å². The van der Waals surface area contributed by atoms with Crippen LogP contribution in [0.25, 0.3) is 0 Å². The Labute approximate surface area is 105 Å². The van der Waals surface area contributed by atoms with Gasteiger partial charge in [-0.2, -0.15) is 0 Å². The van der Waals surface area contributed by atoms with Crippen LogP contribution >= 0.6 is 8.58 Å². The lowest BCUT2D eigenvalue weighted by atomic mass is 9.95. The Hall–Kier alpha value is 0.607. The van der Waals surface area contributed by atoms with Gasteiger partial charge in [0.2, 0.25) is 0 Å². The Morgan fingerprint density at radius 3 is 1.81 bits per heavy atom. The summed E-state index contributed by atoms with van der Waals surface area (Å²) in [5, 5.41) is 1.66. The highest BCUT2D eigenvalue weighted by Gasteiger charge is 2.47. The van der Waals surface area contributed by atoms with E-state index in [4.69, 9.17) is 0 Å². The van der Waals surface area contributed by atoms with Gasteiger partial charge in [-0.25, -0.2) is 0 Å². The van der Waals surface area contributed by atoms with Crippen LogP contribution in [-0.2, 0) is 0 Å². The highest BCUT2D eigenvalue weighted by atomic mass is 31.1. The molecule has 1 aliphatic heterocycles. The van der Waals surface area contributed by atoms with Crippen molar-refractivity contribution in [3.05, 3.63) is 22.8 Å². The molecular weight excluding hydrogens is 229 g/mol. The number of nitrogens with one attached hydrogen (secondary N) is 1. The molecule has 0 aromatic rings. The summed E-state index contributed by atoms with van der Waals surface area (Å²) < 4.78 is 0. The fourth-order valence-corrected chi connectivity index (χ4v) is 8.30. The van der Waals surface area contributed by atoms with Gasteiger partial charge in [-0.1, -0.05) is 42.4 Å². The first kappa shape index (κ1) is 14.7. The molecule has 1 heterocycles. The first-order valence-electron chi connectivity index (χ1n) is 5.95. The fourth-order valence-electron chi connectivity index (χ4n) is 2.39. The summed E-state index contributed by atoms with van der Waals surface area (Å²) in [6.45, 7) is 18.4. The molecule has 0 aromatic heterocycles. The summed E-state index contributed by atoms with van der Waals surface area (Å²) in [5.74, 6) is 3.04. The molecule has 0 bridgehead atoms. The fraction of sp³-hybridized carbons (Fsp3) is 0.692. The smallest absolute Gasteiger partial charge is 0.132 e. The second-order valence-corrected chi connectivity index (χ2v) is 12.1. The lowest BCUT2D eigenvalue weighted by molar-refractivity contribution is 0.513. The SMILES string of the molecule is C[C]1[P][C]([Si](C)(C)NC(C)(C)C)[C](C)[C]1C. The Morgan fingerprint density at radius 1 is 1.00 bits per heavy atom. The molecule has 91 valence electrons. The minimum absolute atomic E-state index is 0.211. The molecule has 0 saturated carbocycles. The first-order chi connectivity index (χ1) is 7.04. The summed E-state index contributed by atoms with van der Waals surface area (Å²) in [5.41, 5.74) is 1.74. The summed E-state index contributed by atoms with van der Waals surface area (Å²) >= 11 is 0. The lowest BCUT2D eigenvalue weighted by Crippen LogP contribution is -2.57. The molecule has 0 aromatic carbocycles. The predicted molar refractivity (Wildman–Crippen MR) is 77.3 cm³/mol. The van der Waals surface area contributed by atoms with E-state index >= 15 is 0 Å². The highest BCUT2D eigenvalue weighted by Crippen LogP contribution is 2.61. The normalized spacial score (nSPS) is 24.8. The topological polar surface area (TPSA) is 12.0 Å². The van der Waals surface area contributed by atoms with Crippen molar-refractivity contribution < 1.29 is 0 Å². The molecule has 1 aliphatic rings. The number of rotatable bonds is 2. The lowest BCUT2D eigenvalue weighted by Gasteiger charge is -2.38. The van der Waals surface area contributed by atoms with Gasteiger partial charge in [-0.05, 0) is 32.6 Å². The number of hydrogen-bond acceptors (Lipinski definition) is 1. The Bertz CT molecular complexity index is 247. The maximum atomic E-state index is 3.86. The van der Waals surface area contributed by atoms with Crippen LogP contribution in [0.15, 0.2) is 0 Å². The largest absolute Gasteiger partial charge is 0.332 e. The predicted octanol–water partition coefficient (Wildman–Crippen LogP) is 4.35. The molecule has 0 spiro atoms. The maximum Gasteiger partial charge on any atom is 0.132 e. The quantitative estimate of drug-likeness (QED) is 0.570. The van der Waals surface area contributed by atoms with Gasteiger partial charge in [-0.15, -0.1) is 0 Å². The molecule has 1 nitrogen and oxygen atoms in total. The standard InChI is InChI=1S/C13H25NPSi/c1-9-10(2)12(15-11(9)3)16(7,8)14-13(4,5)6/h14H,1-8H3. The van der Waals surface area contributed by atoms with Gasteiger partial charge >= 0.3 is 0 Å². The zero-order valence-electron chi connectivity index (χ0n) is 11.9. The summed E-state index contributed by atoms with van der Waals surface area (Å²) in [7, 11) is -0.0179. The van der Waals surface area contributed by atoms with Crippen LogP contribution < -0.4 is 4.98 Å². The van der Waals surface area contributed by atoms with E-state index in [2.05, 4.69) is 59.6 Å². The minimum atomic E-state index is -1.48. The highest BCUT2D eigenvalue weighted by molar-refractivity contribution is 7.51. The average molecular weight is 254 g/mol. The van der Waals surface area contributed by atoms with Gasteiger partial charge < -0.3 is 4.98 Å². The van der Waals surface area contributed by atoms with Crippen LogP contribution in [0.3, 0.4) is 0 Å². The summed E-state index contributed by atoms with van der Waals surface area (Å²) in [6, 6.07) is 0. The van der Waals surface area contributed by atoms with Gasteiger partial charge in [-0.3, -0.25) is 0 Å². The molecule has 0 amide bonds. The Kier molecular flexibility index (Phi) is 4.31. The zero-order chi connectivity index (χ0) is 12.7. The van der Waals surface area contributed by atoms with Crippen molar-refractivity contribution in [3.63, 3.8) is 0 Å². The first-order valence-corrected chi connectivity index (χ1v) is 9.84. The minimum Gasteiger partial charge on any atom is -0.332 e. The van der Waals surface area contributed by atoms with Crippen molar-refractivity contribution in [3.8, 4) is 0 Å². The molecule has 1 rings (SSSR count). The van der Waals surface area contributed by atoms with E-state index < -0.39 is 8.24 Å². The van der Waals surface area contributed by atoms with E-state index in [9.17, 15) is 0 Å². The molecule has 5 radical (unpaired) electrons. The van der Waals surface area contributed by atoms with Crippen LogP contribution in [-0.4, -0.2) is 13.8 Å². The van der Waals surface area contributed by atoms with Crippen LogP contribution in [0.5, 0.6) is 0 Å². The van der Waals surface area contributed by atoms with E-state index in [1.165, 1.54) is 26.1 Å². The zero-order valence-corrected chi connectivity index (χ0v) is 13.8. The summed E-state index contributed by atoms with van der Waals surface area (Å²) in [4.78, 5) is 3.86. The average Bonchev–Trinajstić information content (AvgIpc) is 2.29. The van der Waals surface area contributed by atoms with Crippen molar-refractivity contribution >= 4 is 16.8 Å². The molecule has 1 fully saturated rings. The molecule has 0 atom stereocenters.